The molecule has 28 heavy (non-hydrogen) atoms. The maximum Gasteiger partial charge on any atom is 0.270 e. The number of rotatable bonds is 4. The van der Waals surface area contributed by atoms with Crippen molar-refractivity contribution in [3.63, 3.8) is 0 Å². The summed E-state index contributed by atoms with van der Waals surface area (Å²) >= 11 is 0. The highest BCUT2D eigenvalue weighted by Crippen LogP contribution is 2.33. The van der Waals surface area contributed by atoms with Crippen LogP contribution in [0.15, 0.2) is 42.5 Å². The fourth-order valence-corrected chi connectivity index (χ4v) is 5.36. The average Bonchev–Trinajstić information content (AvgIpc) is 2.86. The molecule has 0 radical (unpaired) electrons. The normalized spacial score (nSPS) is 25.5. The van der Waals surface area contributed by atoms with Crippen LogP contribution in [-0.4, -0.2) is 52.5 Å². The molecule has 3 aliphatic heterocycles. The van der Waals surface area contributed by atoms with Gasteiger partial charge in [0.2, 0.25) is 0 Å². The van der Waals surface area contributed by atoms with Crippen LogP contribution in [0.5, 0.6) is 0 Å². The average molecular weight is 378 g/mol. The minimum Gasteiger partial charge on any atom is -0.340 e. The Kier molecular flexibility index (Phi) is 4.75. The number of hydrogen-bond acceptors (Lipinski definition) is 2. The number of piperidine rings is 1. The molecular weight excluding hydrogens is 346 g/mol. The maximum atomic E-state index is 13.4. The summed E-state index contributed by atoms with van der Waals surface area (Å²) in [7, 11) is 2.02. The van der Waals surface area contributed by atoms with Crippen LogP contribution in [0.1, 0.15) is 42.6 Å². The van der Waals surface area contributed by atoms with Crippen molar-refractivity contribution in [1.29, 1.82) is 0 Å². The van der Waals surface area contributed by atoms with Crippen molar-refractivity contribution in [2.75, 3.05) is 26.2 Å². The first kappa shape index (κ1) is 18.0. The zero-order valence-electron chi connectivity index (χ0n) is 16.9. The largest absolute Gasteiger partial charge is 0.340 e. The minimum absolute atomic E-state index is 0.201. The Morgan fingerprint density at radius 3 is 2.54 bits per heavy atom. The molecule has 0 unspecified atom stereocenters. The molecule has 4 nitrogen and oxygen atoms in total. The number of amides is 1. The molecule has 0 N–H and O–H groups in total. The van der Waals surface area contributed by atoms with Gasteiger partial charge in [0.1, 0.15) is 5.69 Å². The second-order valence-corrected chi connectivity index (χ2v) is 9.09. The van der Waals surface area contributed by atoms with Crippen LogP contribution in [0.3, 0.4) is 0 Å². The molecular formula is C24H31N3O. The highest BCUT2D eigenvalue weighted by atomic mass is 16.2. The molecule has 1 amide bonds. The van der Waals surface area contributed by atoms with Gasteiger partial charge in [0, 0.05) is 45.0 Å². The molecule has 6 rings (SSSR count). The monoisotopic (exact) mass is 377 g/mol. The third-order valence-electron chi connectivity index (χ3n) is 7.24. The molecule has 1 aromatic heterocycles. The Morgan fingerprint density at radius 1 is 0.964 bits per heavy atom. The number of fused-ring (bicyclic) bond motifs is 4. The van der Waals surface area contributed by atoms with Crippen molar-refractivity contribution >= 4 is 5.91 Å². The highest BCUT2D eigenvalue weighted by molar-refractivity contribution is 5.94. The van der Waals surface area contributed by atoms with Crippen LogP contribution < -0.4 is 0 Å². The molecule has 4 aliphatic rings. The molecule has 4 fully saturated rings. The highest BCUT2D eigenvalue weighted by Gasteiger charge is 2.38. The Hall–Kier alpha value is -2.07. The summed E-state index contributed by atoms with van der Waals surface area (Å²) in [5.41, 5.74) is 3.07. The van der Waals surface area contributed by atoms with Crippen LogP contribution in [-0.2, 0) is 7.05 Å². The molecule has 2 atom stereocenters. The fourth-order valence-electron chi connectivity index (χ4n) is 5.36. The Bertz CT molecular complexity index is 839. The van der Waals surface area contributed by atoms with Gasteiger partial charge >= 0.3 is 0 Å². The zero-order valence-corrected chi connectivity index (χ0v) is 16.9. The standard InChI is InChI=1S/C24H31N3O/c1-25-22(20-8-3-2-4-9-20)12-13-23(25)24(28)27-16-19-10-11-21(17-27)26(15-19)14-18-6-5-7-18/h2-4,8-9,12-13,18-19,21H,5-7,10-11,14-17H2,1H3/t19-,21-/m0/s1. The lowest BCUT2D eigenvalue weighted by Gasteiger charge is -2.40. The van der Waals surface area contributed by atoms with Crippen molar-refractivity contribution in [2.24, 2.45) is 18.9 Å². The van der Waals surface area contributed by atoms with E-state index < -0.39 is 0 Å². The molecule has 148 valence electrons. The topological polar surface area (TPSA) is 28.5 Å². The van der Waals surface area contributed by atoms with E-state index in [1.165, 1.54) is 45.2 Å². The van der Waals surface area contributed by atoms with Crippen LogP contribution in [0.2, 0.25) is 0 Å². The van der Waals surface area contributed by atoms with Crippen molar-refractivity contribution in [3.05, 3.63) is 48.2 Å². The minimum atomic E-state index is 0.201. The van der Waals surface area contributed by atoms with Gasteiger partial charge in [-0.15, -0.1) is 0 Å². The number of nitrogens with zero attached hydrogens (tertiary/aromatic N) is 3. The van der Waals surface area contributed by atoms with E-state index in [-0.39, 0.29) is 5.91 Å². The van der Waals surface area contributed by atoms with Crippen molar-refractivity contribution in [1.82, 2.24) is 14.4 Å². The maximum absolute atomic E-state index is 13.4. The lowest BCUT2D eigenvalue weighted by atomic mass is 9.83. The van der Waals surface area contributed by atoms with Crippen LogP contribution in [0, 0.1) is 11.8 Å². The second-order valence-electron chi connectivity index (χ2n) is 9.09. The second kappa shape index (κ2) is 7.40. The molecule has 2 aromatic rings. The smallest absolute Gasteiger partial charge is 0.270 e. The number of hydrogen-bond donors (Lipinski definition) is 0. The molecule has 1 aromatic carbocycles. The Balaban J connectivity index is 1.34. The van der Waals surface area contributed by atoms with E-state index in [1.54, 1.807) is 0 Å². The van der Waals surface area contributed by atoms with Gasteiger partial charge in [0.15, 0.2) is 0 Å². The van der Waals surface area contributed by atoms with Crippen LogP contribution >= 0.6 is 0 Å². The molecule has 2 bridgehead atoms. The predicted molar refractivity (Wildman–Crippen MR) is 112 cm³/mol. The van der Waals surface area contributed by atoms with Crippen molar-refractivity contribution in [2.45, 2.75) is 38.1 Å². The van der Waals surface area contributed by atoms with Gasteiger partial charge in [-0.25, -0.2) is 0 Å². The first-order chi connectivity index (χ1) is 13.7. The molecule has 3 saturated heterocycles. The van der Waals surface area contributed by atoms with E-state index in [0.717, 1.165) is 36.0 Å². The molecule has 1 saturated carbocycles. The first-order valence-corrected chi connectivity index (χ1v) is 10.9. The summed E-state index contributed by atoms with van der Waals surface area (Å²) in [4.78, 5) is 18.3. The van der Waals surface area contributed by atoms with Crippen molar-refractivity contribution < 1.29 is 4.79 Å². The van der Waals surface area contributed by atoms with E-state index in [2.05, 4.69) is 32.6 Å². The summed E-state index contributed by atoms with van der Waals surface area (Å²) in [6.07, 6.45) is 6.75. The summed E-state index contributed by atoms with van der Waals surface area (Å²) in [6, 6.07) is 15.0. The Labute approximate surface area is 168 Å². The van der Waals surface area contributed by atoms with Crippen LogP contribution in [0.25, 0.3) is 11.3 Å². The molecule has 4 heterocycles. The Morgan fingerprint density at radius 2 is 1.79 bits per heavy atom. The lowest BCUT2D eigenvalue weighted by molar-refractivity contribution is 0.0709. The van der Waals surface area contributed by atoms with E-state index in [1.807, 2.05) is 31.3 Å². The van der Waals surface area contributed by atoms with Gasteiger partial charge in [-0.05, 0) is 55.2 Å². The van der Waals surface area contributed by atoms with Gasteiger partial charge in [-0.2, -0.15) is 0 Å². The van der Waals surface area contributed by atoms with E-state index in [4.69, 9.17) is 0 Å². The SMILES string of the molecule is Cn1c(C(=O)N2C[C@H]3CC[C@@H](C2)N(CC2CCC2)C3)ccc1-c1ccccc1. The predicted octanol–water partition coefficient (Wildman–Crippen LogP) is 4.03. The summed E-state index contributed by atoms with van der Waals surface area (Å²) in [5, 5.41) is 0. The van der Waals surface area contributed by atoms with Crippen LogP contribution in [0.4, 0.5) is 0 Å². The number of benzene rings is 1. The summed E-state index contributed by atoms with van der Waals surface area (Å²) in [5.74, 6) is 1.74. The summed E-state index contributed by atoms with van der Waals surface area (Å²) in [6.45, 7) is 4.26. The number of carbonyl (C=O) groups is 1. The fraction of sp³-hybridized carbons (Fsp3) is 0.542. The van der Waals surface area contributed by atoms with E-state index >= 15 is 0 Å². The molecule has 1 aliphatic carbocycles. The lowest BCUT2D eigenvalue weighted by Crippen LogP contribution is -2.47. The first-order valence-electron chi connectivity index (χ1n) is 10.9. The number of aromatic nitrogens is 1. The number of carbonyl (C=O) groups excluding carboxylic acids is 1. The van der Waals surface area contributed by atoms with Crippen molar-refractivity contribution in [3.8, 4) is 11.3 Å². The zero-order chi connectivity index (χ0) is 19.1. The van der Waals surface area contributed by atoms with E-state index in [9.17, 15) is 4.79 Å². The third kappa shape index (κ3) is 3.28. The molecule has 4 heteroatoms. The molecule has 0 spiro atoms. The quantitative estimate of drug-likeness (QED) is 0.805. The van der Waals surface area contributed by atoms with Gasteiger partial charge < -0.3 is 9.47 Å². The van der Waals surface area contributed by atoms with E-state index in [0.29, 0.717) is 12.0 Å². The van der Waals surface area contributed by atoms with Gasteiger partial charge in [-0.3, -0.25) is 9.69 Å². The summed E-state index contributed by atoms with van der Waals surface area (Å²) < 4.78 is 2.07. The third-order valence-corrected chi connectivity index (χ3v) is 7.24. The van der Waals surface area contributed by atoms with Gasteiger partial charge in [0.05, 0.1) is 0 Å². The van der Waals surface area contributed by atoms with Gasteiger partial charge in [0.25, 0.3) is 5.91 Å². The van der Waals surface area contributed by atoms with Gasteiger partial charge in [-0.1, -0.05) is 36.8 Å².